The van der Waals surface area contributed by atoms with Gasteiger partial charge in [0.05, 0.1) is 6.54 Å². The van der Waals surface area contributed by atoms with Gasteiger partial charge in [-0.25, -0.2) is 0 Å². The van der Waals surface area contributed by atoms with Crippen LogP contribution in [0.1, 0.15) is 45.4 Å². The normalized spacial score (nSPS) is 30.0. The van der Waals surface area contributed by atoms with Crippen LogP contribution in [0.5, 0.6) is 0 Å². The summed E-state index contributed by atoms with van der Waals surface area (Å²) < 4.78 is 0. The number of amidine groups is 1. The van der Waals surface area contributed by atoms with Crippen LogP contribution in [0.3, 0.4) is 0 Å². The molecule has 2 aliphatic rings. The molecule has 0 saturated heterocycles. The molecule has 0 spiro atoms. The molecule has 0 aliphatic heterocycles. The molecule has 0 unspecified atom stereocenters. The van der Waals surface area contributed by atoms with Gasteiger partial charge in [-0.15, -0.1) is 0 Å². The smallest absolute Gasteiger partial charge is 0.237 e. The molecule has 2 fully saturated rings. The van der Waals surface area contributed by atoms with Crippen LogP contribution < -0.4 is 11.5 Å². The van der Waals surface area contributed by atoms with Gasteiger partial charge in [-0.1, -0.05) is 24.9 Å². The van der Waals surface area contributed by atoms with Gasteiger partial charge in [-0.2, -0.15) is 0 Å². The van der Waals surface area contributed by atoms with Crippen molar-refractivity contribution in [2.45, 2.75) is 51.5 Å². The van der Waals surface area contributed by atoms with Gasteiger partial charge in [0, 0.05) is 6.04 Å². The molecule has 0 atom stereocenters. The highest BCUT2D eigenvalue weighted by atomic mass is 16.4. The minimum Gasteiger partial charge on any atom is -0.409 e. The summed E-state index contributed by atoms with van der Waals surface area (Å²) in [4.78, 5) is 25.8. The second-order valence-corrected chi connectivity index (χ2v) is 6.42. The number of carbonyl (C=O) groups excluding carboxylic acids is 2. The van der Waals surface area contributed by atoms with E-state index in [-0.39, 0.29) is 24.3 Å². The predicted octanol–water partition coefficient (Wildman–Crippen LogP) is 0.406. The monoisotopic (exact) mass is 296 g/mol. The van der Waals surface area contributed by atoms with Crippen molar-refractivity contribution in [2.24, 2.45) is 28.0 Å². The lowest BCUT2D eigenvalue weighted by Gasteiger charge is -2.47. The van der Waals surface area contributed by atoms with Crippen molar-refractivity contribution >= 4 is 17.6 Å². The predicted molar refractivity (Wildman–Crippen MR) is 77.4 cm³/mol. The third-order valence-electron chi connectivity index (χ3n) is 4.75. The summed E-state index contributed by atoms with van der Waals surface area (Å²) in [5.74, 6) is -0.467. The number of nitrogens with two attached hydrogens (primary N) is 2. The fourth-order valence-electron chi connectivity index (χ4n) is 3.74. The summed E-state index contributed by atoms with van der Waals surface area (Å²) in [7, 11) is 0. The third kappa shape index (κ3) is 2.82. The maximum atomic E-state index is 13.0. The minimum atomic E-state index is -0.966. The highest BCUT2D eigenvalue weighted by Crippen LogP contribution is 2.47. The topological polar surface area (TPSA) is 122 Å². The number of rotatable bonds is 5. The molecule has 0 aromatic heterocycles. The Labute approximate surface area is 124 Å². The summed E-state index contributed by atoms with van der Waals surface area (Å²) in [6.07, 6.45) is 4.93. The average molecular weight is 296 g/mol. The van der Waals surface area contributed by atoms with Gasteiger partial charge in [0.15, 0.2) is 5.84 Å². The molecule has 5 N–H and O–H groups in total. The number of amides is 2. The lowest BCUT2D eigenvalue weighted by molar-refractivity contribution is -0.149. The van der Waals surface area contributed by atoms with Crippen LogP contribution in [-0.4, -0.2) is 40.3 Å². The zero-order chi connectivity index (χ0) is 15.6. The summed E-state index contributed by atoms with van der Waals surface area (Å²) in [5, 5.41) is 12.1. The molecule has 7 heteroatoms. The Morgan fingerprint density at radius 2 is 1.86 bits per heavy atom. The molecular weight excluding hydrogens is 272 g/mol. The van der Waals surface area contributed by atoms with Gasteiger partial charge in [0.1, 0.15) is 5.41 Å². The van der Waals surface area contributed by atoms with Crippen molar-refractivity contribution in [3.63, 3.8) is 0 Å². The van der Waals surface area contributed by atoms with Gasteiger partial charge in [-0.05, 0) is 31.6 Å². The lowest BCUT2D eigenvalue weighted by Crippen LogP contribution is -2.60. The zero-order valence-electron chi connectivity index (χ0n) is 12.4. The Morgan fingerprint density at radius 1 is 1.29 bits per heavy atom. The minimum absolute atomic E-state index is 0.0317. The Balaban J connectivity index is 2.25. The highest BCUT2D eigenvalue weighted by Gasteiger charge is 2.54. The van der Waals surface area contributed by atoms with Crippen molar-refractivity contribution in [1.82, 2.24) is 4.90 Å². The summed E-state index contributed by atoms with van der Waals surface area (Å²) >= 11 is 0. The lowest BCUT2D eigenvalue weighted by atomic mass is 9.61. The molecule has 0 aromatic rings. The Kier molecular flexibility index (Phi) is 4.39. The number of primary amides is 1. The van der Waals surface area contributed by atoms with Gasteiger partial charge < -0.3 is 21.6 Å². The SMILES string of the molecule is CC1CC(C(=O)N(CC(N)=O)C2CCCC2)(C(N)=NO)C1. The van der Waals surface area contributed by atoms with Gasteiger partial charge in [0.2, 0.25) is 11.8 Å². The molecule has 0 radical (unpaired) electrons. The van der Waals surface area contributed by atoms with Crippen molar-refractivity contribution in [1.29, 1.82) is 0 Å². The van der Waals surface area contributed by atoms with Crippen molar-refractivity contribution in [3.05, 3.63) is 0 Å². The highest BCUT2D eigenvalue weighted by molar-refractivity contribution is 6.08. The van der Waals surface area contributed by atoms with E-state index < -0.39 is 11.3 Å². The maximum Gasteiger partial charge on any atom is 0.237 e. The molecule has 0 heterocycles. The quantitative estimate of drug-likeness (QED) is 0.294. The molecule has 2 aliphatic carbocycles. The zero-order valence-corrected chi connectivity index (χ0v) is 12.4. The molecule has 2 rings (SSSR count). The van der Waals surface area contributed by atoms with E-state index in [1.807, 2.05) is 6.92 Å². The van der Waals surface area contributed by atoms with Crippen LogP contribution >= 0.6 is 0 Å². The maximum absolute atomic E-state index is 13.0. The summed E-state index contributed by atoms with van der Waals surface area (Å²) in [6.45, 7) is 1.92. The summed E-state index contributed by atoms with van der Waals surface area (Å²) in [5.41, 5.74) is 10.1. The standard InChI is InChI=1S/C14H24N4O3/c1-9-6-14(7-9,12(16)17-21)13(20)18(8-11(15)19)10-4-2-3-5-10/h9-10,21H,2-8H2,1H3,(H2,15,19)(H2,16,17). The number of oxime groups is 1. The Hall–Kier alpha value is -1.79. The van der Waals surface area contributed by atoms with Gasteiger partial charge in [0.25, 0.3) is 0 Å². The number of hydrogen-bond acceptors (Lipinski definition) is 4. The molecule has 0 bridgehead atoms. The van der Waals surface area contributed by atoms with Gasteiger partial charge >= 0.3 is 0 Å². The number of hydrogen-bond donors (Lipinski definition) is 3. The Bertz CT molecular complexity index is 451. The van der Waals surface area contributed by atoms with E-state index >= 15 is 0 Å². The van der Waals surface area contributed by atoms with E-state index in [4.69, 9.17) is 16.7 Å². The van der Waals surface area contributed by atoms with Crippen LogP contribution in [0.25, 0.3) is 0 Å². The Morgan fingerprint density at radius 3 is 2.29 bits per heavy atom. The average Bonchev–Trinajstić information content (AvgIpc) is 2.93. The molecular formula is C14H24N4O3. The van der Waals surface area contributed by atoms with Gasteiger partial charge in [-0.3, -0.25) is 9.59 Å². The number of nitrogens with zero attached hydrogens (tertiary/aromatic N) is 2. The first-order valence-corrected chi connectivity index (χ1v) is 7.48. The first-order valence-electron chi connectivity index (χ1n) is 7.48. The van der Waals surface area contributed by atoms with Crippen LogP contribution in [0.4, 0.5) is 0 Å². The van der Waals surface area contributed by atoms with E-state index in [9.17, 15) is 9.59 Å². The molecule has 118 valence electrons. The van der Waals surface area contributed by atoms with Crippen molar-refractivity contribution < 1.29 is 14.8 Å². The largest absolute Gasteiger partial charge is 0.409 e. The van der Waals surface area contributed by atoms with Crippen molar-refractivity contribution in [3.8, 4) is 0 Å². The van der Waals surface area contributed by atoms with E-state index in [0.717, 1.165) is 25.7 Å². The van der Waals surface area contributed by atoms with E-state index in [2.05, 4.69) is 5.16 Å². The van der Waals surface area contributed by atoms with E-state index in [0.29, 0.717) is 18.8 Å². The van der Waals surface area contributed by atoms with Crippen molar-refractivity contribution in [2.75, 3.05) is 6.54 Å². The van der Waals surface area contributed by atoms with E-state index in [1.165, 1.54) is 0 Å². The molecule has 2 amide bonds. The molecule has 21 heavy (non-hydrogen) atoms. The molecule has 0 aromatic carbocycles. The molecule has 2 saturated carbocycles. The first-order chi connectivity index (χ1) is 9.90. The van der Waals surface area contributed by atoms with Crippen LogP contribution in [0, 0.1) is 11.3 Å². The second-order valence-electron chi connectivity index (χ2n) is 6.42. The summed E-state index contributed by atoms with van der Waals surface area (Å²) in [6, 6.07) is 0.0317. The third-order valence-corrected chi connectivity index (χ3v) is 4.75. The van der Waals surface area contributed by atoms with E-state index in [1.54, 1.807) is 4.90 Å². The molecule has 7 nitrogen and oxygen atoms in total. The van der Waals surface area contributed by atoms with Crippen LogP contribution in [0.2, 0.25) is 0 Å². The fourth-order valence-corrected chi connectivity index (χ4v) is 3.74. The number of carbonyl (C=O) groups is 2. The van der Waals surface area contributed by atoms with Crippen LogP contribution in [-0.2, 0) is 9.59 Å². The second kappa shape index (κ2) is 5.91. The van der Waals surface area contributed by atoms with Crippen LogP contribution in [0.15, 0.2) is 5.16 Å². The first kappa shape index (κ1) is 15.6. The fraction of sp³-hybridized carbons (Fsp3) is 0.786.